The average molecular weight is 766 g/mol. The van der Waals surface area contributed by atoms with E-state index in [1.807, 2.05) is 42.7 Å². The lowest BCUT2D eigenvalue weighted by atomic mass is 9.90. The van der Waals surface area contributed by atoms with E-state index in [9.17, 15) is 18.8 Å². The smallest absolute Gasteiger partial charge is 0.270 e. The zero-order chi connectivity index (χ0) is 40.7. The maximum absolute atomic E-state index is 14.3. The number of rotatable bonds is 1. The minimum absolute atomic E-state index is 0.0763. The van der Waals surface area contributed by atoms with Gasteiger partial charge in [-0.3, -0.25) is 14.4 Å². The summed E-state index contributed by atoms with van der Waals surface area (Å²) in [4.78, 5) is 41.6. The van der Waals surface area contributed by atoms with Gasteiger partial charge < -0.3 is 23.5 Å². The third-order valence-electron chi connectivity index (χ3n) is 12.4. The Balaban J connectivity index is 0.000000129. The number of amides is 2. The molecule has 0 saturated heterocycles. The highest BCUT2D eigenvalue weighted by Gasteiger charge is 2.39. The number of fused-ring (bicyclic) bond motifs is 7. The summed E-state index contributed by atoms with van der Waals surface area (Å²) in [5.74, 6) is 0.515. The minimum Gasteiger partial charge on any atom is -0.339 e. The van der Waals surface area contributed by atoms with Crippen LogP contribution in [0.25, 0.3) is 10.8 Å². The van der Waals surface area contributed by atoms with Gasteiger partial charge in [-0.15, -0.1) is 0 Å². The molecule has 0 spiro atoms. The molecular weight excluding hydrogens is 702 g/mol. The second kappa shape index (κ2) is 14.1. The van der Waals surface area contributed by atoms with Crippen molar-refractivity contribution < 1.29 is 14.0 Å². The van der Waals surface area contributed by atoms with Crippen molar-refractivity contribution in [1.82, 2.24) is 23.5 Å². The van der Waals surface area contributed by atoms with Crippen molar-refractivity contribution in [3.63, 3.8) is 0 Å². The first kappa shape index (κ1) is 40.1. The molecule has 4 aromatic rings. The number of aryl methyl sites for hydroxylation is 1. The molecule has 0 bridgehead atoms. The van der Waals surface area contributed by atoms with Crippen LogP contribution in [0.15, 0.2) is 41.3 Å². The lowest BCUT2D eigenvalue weighted by molar-refractivity contribution is 0.0503. The molecule has 1 fully saturated rings. The normalized spacial score (nSPS) is 19.1. The Labute approximate surface area is 333 Å². The number of benzene rings is 1. The zero-order valence-electron chi connectivity index (χ0n) is 35.9. The van der Waals surface area contributed by atoms with E-state index in [2.05, 4.69) is 76.7 Å². The van der Waals surface area contributed by atoms with Crippen LogP contribution in [0.3, 0.4) is 0 Å². The topological polar surface area (TPSA) is 72.5 Å². The van der Waals surface area contributed by atoms with E-state index >= 15 is 0 Å². The Morgan fingerprint density at radius 3 is 1.77 bits per heavy atom. The largest absolute Gasteiger partial charge is 0.339 e. The van der Waals surface area contributed by atoms with Gasteiger partial charge in [0.2, 0.25) is 0 Å². The molecule has 3 aliphatic carbocycles. The van der Waals surface area contributed by atoms with E-state index in [0.717, 1.165) is 81.7 Å². The number of hydrogen-bond donors (Lipinski definition) is 0. The SMILES string of the molecule is CC(C)(C)N1CCn2c(cc3c2CCCC3)C1=O.CC(C)(C)n1ccc2cc(C3CC3)cc(F)c2c1=O.CC1(C)Cc2cc3n(c2C1)CCN(C(C)(C)C)C3=O. The van der Waals surface area contributed by atoms with Crippen molar-refractivity contribution in [2.75, 3.05) is 13.1 Å². The van der Waals surface area contributed by atoms with Crippen LogP contribution in [-0.2, 0) is 44.3 Å². The number of nitrogens with zero attached hydrogens (tertiary/aromatic N) is 5. The van der Waals surface area contributed by atoms with Crippen LogP contribution in [0.2, 0.25) is 0 Å². The van der Waals surface area contributed by atoms with Crippen LogP contribution >= 0.6 is 0 Å². The molecule has 5 heterocycles. The Morgan fingerprint density at radius 2 is 1.21 bits per heavy atom. The summed E-state index contributed by atoms with van der Waals surface area (Å²) < 4.78 is 20.4. The molecule has 1 aromatic carbocycles. The van der Waals surface area contributed by atoms with Gasteiger partial charge in [0.05, 0.1) is 5.39 Å². The molecule has 0 N–H and O–H groups in total. The fraction of sp³-hybridized carbons (Fsp3) is 0.596. The van der Waals surface area contributed by atoms with E-state index in [4.69, 9.17) is 0 Å². The van der Waals surface area contributed by atoms with Gasteiger partial charge in [-0.05, 0) is 171 Å². The standard InChI is InChI=1S/C16H18FNO.C16H24N2O.C15H22N2O/c1-16(2,3)18-7-6-11-8-12(10-4-5-10)9-13(17)14(11)15(18)19;1-15(2,3)18-7-6-17-12(14(18)19)8-11-9-16(4,5)10-13(11)17;1-15(2,3)17-9-8-16-12-7-5-4-6-11(12)10-13(16)14(17)18/h6-10H,4-5H2,1-3H3;8H,6-7,9-10H2,1-5H3;10H,4-9H2,1-3H3. The van der Waals surface area contributed by atoms with Crippen LogP contribution in [0.4, 0.5) is 4.39 Å². The first-order chi connectivity index (χ1) is 26.0. The molecule has 3 aromatic heterocycles. The number of hydrogen-bond acceptors (Lipinski definition) is 3. The summed E-state index contributed by atoms with van der Waals surface area (Å²) in [6.07, 6.45) is 11.1. The highest BCUT2D eigenvalue weighted by atomic mass is 19.1. The van der Waals surface area contributed by atoms with Crippen molar-refractivity contribution in [3.05, 3.63) is 92.2 Å². The van der Waals surface area contributed by atoms with Crippen LogP contribution in [-0.4, -0.2) is 59.5 Å². The van der Waals surface area contributed by atoms with E-state index in [1.54, 1.807) is 10.8 Å². The Kier molecular flexibility index (Phi) is 10.1. The van der Waals surface area contributed by atoms with Gasteiger partial charge in [0.1, 0.15) is 17.2 Å². The van der Waals surface area contributed by atoms with E-state index in [0.29, 0.717) is 16.7 Å². The average Bonchev–Trinajstić information content (AvgIpc) is 3.70. The van der Waals surface area contributed by atoms with Gasteiger partial charge in [-0.25, -0.2) is 4.39 Å². The lowest BCUT2D eigenvalue weighted by Crippen LogP contribution is -2.50. The van der Waals surface area contributed by atoms with Crippen molar-refractivity contribution in [2.45, 2.75) is 163 Å². The molecule has 0 unspecified atom stereocenters. The quantitative estimate of drug-likeness (QED) is 0.194. The molecule has 9 rings (SSSR count). The summed E-state index contributed by atoms with van der Waals surface area (Å²) in [5, 5.41) is 0.925. The predicted molar refractivity (Wildman–Crippen MR) is 223 cm³/mol. The first-order valence-corrected chi connectivity index (χ1v) is 21.0. The second-order valence-electron chi connectivity index (χ2n) is 20.7. The second-order valence-corrected chi connectivity index (χ2v) is 20.7. The van der Waals surface area contributed by atoms with Crippen molar-refractivity contribution in [2.24, 2.45) is 5.41 Å². The molecule has 56 heavy (non-hydrogen) atoms. The highest BCUT2D eigenvalue weighted by molar-refractivity contribution is 5.95. The summed E-state index contributed by atoms with van der Waals surface area (Å²) in [5.41, 5.74) is 8.10. The molecule has 1 saturated carbocycles. The van der Waals surface area contributed by atoms with Gasteiger partial charge in [-0.1, -0.05) is 19.9 Å². The molecule has 8 nitrogen and oxygen atoms in total. The Hall–Kier alpha value is -4.14. The number of pyridine rings is 1. The monoisotopic (exact) mass is 765 g/mol. The molecule has 9 heteroatoms. The van der Waals surface area contributed by atoms with Crippen LogP contribution < -0.4 is 5.56 Å². The van der Waals surface area contributed by atoms with Crippen LogP contribution in [0.1, 0.15) is 157 Å². The number of carbonyl (C=O) groups excluding carboxylic acids is 2. The highest BCUT2D eigenvalue weighted by Crippen LogP contribution is 2.42. The summed E-state index contributed by atoms with van der Waals surface area (Å²) >= 11 is 0. The third-order valence-corrected chi connectivity index (χ3v) is 12.4. The summed E-state index contributed by atoms with van der Waals surface area (Å²) in [7, 11) is 0. The van der Waals surface area contributed by atoms with Gasteiger partial charge in [0, 0.05) is 60.4 Å². The number of aromatic nitrogens is 3. The lowest BCUT2D eigenvalue weighted by Gasteiger charge is -2.39. The third kappa shape index (κ3) is 7.64. The van der Waals surface area contributed by atoms with E-state index in [1.165, 1.54) is 41.4 Å². The Morgan fingerprint density at radius 1 is 0.661 bits per heavy atom. The van der Waals surface area contributed by atoms with Gasteiger partial charge >= 0.3 is 0 Å². The molecule has 302 valence electrons. The van der Waals surface area contributed by atoms with E-state index in [-0.39, 0.29) is 45.2 Å². The first-order valence-electron chi connectivity index (χ1n) is 21.0. The van der Waals surface area contributed by atoms with Crippen molar-refractivity contribution in [1.29, 1.82) is 0 Å². The van der Waals surface area contributed by atoms with Gasteiger partial charge in [0.15, 0.2) is 0 Å². The number of halogens is 1. The molecular formula is C47H64FN5O3. The maximum atomic E-state index is 14.3. The van der Waals surface area contributed by atoms with Crippen LogP contribution in [0, 0.1) is 11.2 Å². The van der Waals surface area contributed by atoms with Crippen molar-refractivity contribution in [3.8, 4) is 0 Å². The fourth-order valence-corrected chi connectivity index (χ4v) is 9.36. The van der Waals surface area contributed by atoms with E-state index < -0.39 is 0 Å². The predicted octanol–water partition coefficient (Wildman–Crippen LogP) is 9.26. The molecule has 0 atom stereocenters. The van der Waals surface area contributed by atoms with Crippen molar-refractivity contribution >= 4 is 22.6 Å². The maximum Gasteiger partial charge on any atom is 0.270 e. The Bertz CT molecular complexity index is 2250. The summed E-state index contributed by atoms with van der Waals surface area (Å²) in [6, 6.07) is 9.63. The van der Waals surface area contributed by atoms with Gasteiger partial charge in [-0.2, -0.15) is 0 Å². The molecule has 2 aliphatic heterocycles. The summed E-state index contributed by atoms with van der Waals surface area (Å²) in [6.45, 7) is 26.7. The number of carbonyl (C=O) groups is 2. The molecule has 5 aliphatic rings. The zero-order valence-corrected chi connectivity index (χ0v) is 35.9. The van der Waals surface area contributed by atoms with Gasteiger partial charge in [0.25, 0.3) is 17.4 Å². The minimum atomic E-state index is -0.386. The fourth-order valence-electron chi connectivity index (χ4n) is 9.36. The molecule has 2 amide bonds. The molecule has 0 radical (unpaired) electrons. The van der Waals surface area contributed by atoms with Crippen LogP contribution in [0.5, 0.6) is 0 Å².